The number of nitrogens with zero attached hydrogens (tertiary/aromatic N) is 1. The van der Waals surface area contributed by atoms with Crippen LogP contribution in [0.2, 0.25) is 0 Å². The van der Waals surface area contributed by atoms with Gasteiger partial charge in [-0.05, 0) is 20.8 Å². The lowest BCUT2D eigenvalue weighted by Gasteiger charge is -2.49. The van der Waals surface area contributed by atoms with Crippen molar-refractivity contribution in [2.24, 2.45) is 0 Å². The molecule has 1 spiro atoms. The lowest BCUT2D eigenvalue weighted by atomic mass is 10.0. The van der Waals surface area contributed by atoms with E-state index < -0.39 is 0 Å². The average molecular weight is 171 g/mol. The van der Waals surface area contributed by atoms with E-state index in [-0.39, 0.29) is 11.3 Å². The first kappa shape index (κ1) is 8.48. The Morgan fingerprint density at radius 3 is 2.25 bits per heavy atom. The molecule has 0 aromatic carbocycles. The molecule has 70 valence electrons. The summed E-state index contributed by atoms with van der Waals surface area (Å²) < 4.78 is 10.9. The molecule has 2 aliphatic heterocycles. The minimum absolute atomic E-state index is 0.0712. The molecule has 0 radical (unpaired) electrons. The van der Waals surface area contributed by atoms with Crippen molar-refractivity contribution < 1.29 is 9.47 Å². The van der Waals surface area contributed by atoms with Gasteiger partial charge < -0.3 is 9.47 Å². The maximum absolute atomic E-state index is 5.72. The van der Waals surface area contributed by atoms with Gasteiger partial charge in [0.05, 0.1) is 19.8 Å². The van der Waals surface area contributed by atoms with Gasteiger partial charge in [0.15, 0.2) is 5.72 Å². The second kappa shape index (κ2) is 2.44. The predicted octanol–water partition coefficient (Wildman–Crippen LogP) is 0.844. The highest BCUT2D eigenvalue weighted by Gasteiger charge is 2.52. The van der Waals surface area contributed by atoms with Gasteiger partial charge in [-0.2, -0.15) is 0 Å². The fourth-order valence-electron chi connectivity index (χ4n) is 2.07. The Morgan fingerprint density at radius 1 is 1.25 bits per heavy atom. The SMILES string of the molecule is CC(C)(C)N1CCOC12COC2. The van der Waals surface area contributed by atoms with E-state index in [1.807, 2.05) is 0 Å². The summed E-state index contributed by atoms with van der Waals surface area (Å²) in [6.07, 6.45) is 0. The summed E-state index contributed by atoms with van der Waals surface area (Å²) in [5, 5.41) is 0. The summed E-state index contributed by atoms with van der Waals surface area (Å²) in [7, 11) is 0. The van der Waals surface area contributed by atoms with E-state index >= 15 is 0 Å². The van der Waals surface area contributed by atoms with Crippen molar-refractivity contribution in [3.8, 4) is 0 Å². The van der Waals surface area contributed by atoms with Crippen molar-refractivity contribution in [1.29, 1.82) is 0 Å². The molecule has 0 aliphatic carbocycles. The molecule has 0 aromatic heterocycles. The largest absolute Gasteiger partial charge is 0.372 e. The molecule has 3 nitrogen and oxygen atoms in total. The second-order valence-corrected chi connectivity index (χ2v) is 4.61. The summed E-state index contributed by atoms with van der Waals surface area (Å²) >= 11 is 0. The maximum atomic E-state index is 5.72. The van der Waals surface area contributed by atoms with Crippen molar-refractivity contribution in [3.05, 3.63) is 0 Å². The van der Waals surface area contributed by atoms with E-state index in [4.69, 9.17) is 9.47 Å². The molecule has 2 saturated heterocycles. The summed E-state index contributed by atoms with van der Waals surface area (Å²) in [4.78, 5) is 2.41. The molecule has 2 aliphatic rings. The molecule has 0 aromatic rings. The van der Waals surface area contributed by atoms with Gasteiger partial charge in [-0.15, -0.1) is 0 Å². The Bertz CT molecular complexity index is 181. The van der Waals surface area contributed by atoms with Crippen molar-refractivity contribution in [3.63, 3.8) is 0 Å². The van der Waals surface area contributed by atoms with Gasteiger partial charge in [0, 0.05) is 12.1 Å². The smallest absolute Gasteiger partial charge is 0.169 e. The van der Waals surface area contributed by atoms with Crippen LogP contribution < -0.4 is 0 Å². The zero-order chi connectivity index (χ0) is 8.82. The average Bonchev–Trinajstić information content (AvgIpc) is 2.25. The number of hydrogen-bond acceptors (Lipinski definition) is 3. The van der Waals surface area contributed by atoms with Crippen LogP contribution in [-0.4, -0.2) is 42.5 Å². The summed E-state index contributed by atoms with van der Waals surface area (Å²) in [5.74, 6) is 0. The highest BCUT2D eigenvalue weighted by Crippen LogP contribution is 2.36. The van der Waals surface area contributed by atoms with E-state index in [1.54, 1.807) is 0 Å². The van der Waals surface area contributed by atoms with Crippen LogP contribution in [0.5, 0.6) is 0 Å². The Hall–Kier alpha value is -0.120. The first-order valence-electron chi connectivity index (χ1n) is 4.54. The third kappa shape index (κ3) is 1.08. The normalized spacial score (nSPS) is 29.2. The van der Waals surface area contributed by atoms with Crippen LogP contribution in [0.15, 0.2) is 0 Å². The van der Waals surface area contributed by atoms with Crippen LogP contribution in [0.4, 0.5) is 0 Å². The maximum Gasteiger partial charge on any atom is 0.169 e. The number of ether oxygens (including phenoxy) is 2. The molecular formula is C9H17NO2. The van der Waals surface area contributed by atoms with Crippen molar-refractivity contribution in [2.45, 2.75) is 32.0 Å². The molecule has 0 amide bonds. The molecular weight excluding hydrogens is 154 g/mol. The van der Waals surface area contributed by atoms with Gasteiger partial charge in [0.2, 0.25) is 0 Å². The van der Waals surface area contributed by atoms with Crippen LogP contribution in [0.1, 0.15) is 20.8 Å². The molecule has 0 N–H and O–H groups in total. The standard InChI is InChI=1S/C9H17NO2/c1-8(2,3)10-4-5-12-9(10)6-11-7-9/h4-7H2,1-3H3. The van der Waals surface area contributed by atoms with Gasteiger partial charge >= 0.3 is 0 Å². The number of hydrogen-bond donors (Lipinski definition) is 0. The first-order valence-corrected chi connectivity index (χ1v) is 4.54. The predicted molar refractivity (Wildman–Crippen MR) is 46.0 cm³/mol. The Kier molecular flexibility index (Phi) is 1.72. The van der Waals surface area contributed by atoms with Crippen LogP contribution >= 0.6 is 0 Å². The molecule has 2 fully saturated rings. The van der Waals surface area contributed by atoms with Gasteiger partial charge in [0.25, 0.3) is 0 Å². The molecule has 2 heterocycles. The fourth-order valence-corrected chi connectivity index (χ4v) is 2.07. The Balaban J connectivity index is 2.14. The molecule has 2 rings (SSSR count). The van der Waals surface area contributed by atoms with Crippen molar-refractivity contribution in [2.75, 3.05) is 26.4 Å². The summed E-state index contributed by atoms with van der Waals surface area (Å²) in [6, 6.07) is 0. The lowest BCUT2D eigenvalue weighted by molar-refractivity contribution is -0.257. The fraction of sp³-hybridized carbons (Fsp3) is 1.00. The van der Waals surface area contributed by atoms with E-state index in [0.717, 1.165) is 26.4 Å². The van der Waals surface area contributed by atoms with Crippen LogP contribution in [0.3, 0.4) is 0 Å². The zero-order valence-electron chi connectivity index (χ0n) is 8.09. The highest BCUT2D eigenvalue weighted by molar-refractivity contribution is 4.97. The lowest BCUT2D eigenvalue weighted by Crippen LogP contribution is -2.64. The third-order valence-corrected chi connectivity index (χ3v) is 2.64. The molecule has 3 heteroatoms. The van der Waals surface area contributed by atoms with Crippen LogP contribution in [-0.2, 0) is 9.47 Å². The molecule has 12 heavy (non-hydrogen) atoms. The van der Waals surface area contributed by atoms with E-state index in [1.165, 1.54) is 0 Å². The minimum Gasteiger partial charge on any atom is -0.372 e. The van der Waals surface area contributed by atoms with Gasteiger partial charge in [-0.25, -0.2) is 0 Å². The monoisotopic (exact) mass is 171 g/mol. The van der Waals surface area contributed by atoms with Gasteiger partial charge in [0.1, 0.15) is 0 Å². The molecule has 0 unspecified atom stereocenters. The molecule has 0 atom stereocenters. The third-order valence-electron chi connectivity index (χ3n) is 2.64. The summed E-state index contributed by atoms with van der Waals surface area (Å²) in [6.45, 7) is 10.0. The topological polar surface area (TPSA) is 21.7 Å². The molecule has 0 bridgehead atoms. The first-order chi connectivity index (χ1) is 5.55. The quantitative estimate of drug-likeness (QED) is 0.539. The van der Waals surface area contributed by atoms with E-state index in [0.29, 0.717) is 0 Å². The molecule has 0 saturated carbocycles. The van der Waals surface area contributed by atoms with Gasteiger partial charge in [-0.1, -0.05) is 0 Å². The minimum atomic E-state index is -0.0712. The number of rotatable bonds is 0. The Morgan fingerprint density at radius 2 is 1.92 bits per heavy atom. The zero-order valence-corrected chi connectivity index (χ0v) is 8.09. The van der Waals surface area contributed by atoms with E-state index in [9.17, 15) is 0 Å². The highest BCUT2D eigenvalue weighted by atomic mass is 16.6. The van der Waals surface area contributed by atoms with Crippen LogP contribution in [0, 0.1) is 0 Å². The summed E-state index contributed by atoms with van der Waals surface area (Å²) in [5.41, 5.74) is 0.124. The van der Waals surface area contributed by atoms with Crippen LogP contribution in [0.25, 0.3) is 0 Å². The van der Waals surface area contributed by atoms with Crippen molar-refractivity contribution in [1.82, 2.24) is 4.90 Å². The Labute approximate surface area is 73.6 Å². The van der Waals surface area contributed by atoms with Gasteiger partial charge in [-0.3, -0.25) is 4.90 Å². The van der Waals surface area contributed by atoms with Crippen molar-refractivity contribution >= 4 is 0 Å². The second-order valence-electron chi connectivity index (χ2n) is 4.61. The van der Waals surface area contributed by atoms with E-state index in [2.05, 4.69) is 25.7 Å².